The van der Waals surface area contributed by atoms with E-state index in [2.05, 4.69) is 36.1 Å². The molecule has 2 aliphatic heterocycles. The van der Waals surface area contributed by atoms with E-state index >= 15 is 4.39 Å². The third-order valence-electron chi connectivity index (χ3n) is 7.28. The lowest BCUT2D eigenvalue weighted by molar-refractivity contribution is 0.0889. The van der Waals surface area contributed by atoms with Gasteiger partial charge in [0.25, 0.3) is 0 Å². The molecule has 2 saturated heterocycles. The van der Waals surface area contributed by atoms with Gasteiger partial charge in [-0.05, 0) is 48.4 Å². The van der Waals surface area contributed by atoms with Crippen molar-refractivity contribution in [1.82, 2.24) is 4.90 Å². The molecule has 3 aromatic carbocycles. The first-order valence-corrected chi connectivity index (χ1v) is 13.0. The number of carbonyl (C=O) groups is 1. The van der Waals surface area contributed by atoms with Gasteiger partial charge in [-0.2, -0.15) is 0 Å². The topological polar surface area (TPSA) is 54.5 Å². The van der Waals surface area contributed by atoms with E-state index in [0.717, 1.165) is 11.3 Å². The number of hydrogen-bond acceptors (Lipinski definition) is 6. The first-order valence-electron chi connectivity index (χ1n) is 13.0. The Kier molecular flexibility index (Phi) is 8.10. The van der Waals surface area contributed by atoms with Crippen molar-refractivity contribution in [2.24, 2.45) is 0 Å². The third-order valence-corrected chi connectivity index (χ3v) is 7.28. The van der Waals surface area contributed by atoms with Crippen molar-refractivity contribution in [3.8, 4) is 5.75 Å². The Bertz CT molecular complexity index is 1220. The summed E-state index contributed by atoms with van der Waals surface area (Å²) in [6, 6.07) is 23.3. The van der Waals surface area contributed by atoms with E-state index in [4.69, 9.17) is 14.2 Å². The first kappa shape index (κ1) is 26.0. The predicted octanol–water partition coefficient (Wildman–Crippen LogP) is 5.26. The highest BCUT2D eigenvalue weighted by Gasteiger charge is 2.35. The molecule has 0 aromatic heterocycles. The standard InChI is InChI=1S/C30H34FN3O4/c1-22(24-8-11-26(36-2)12-9-24)33(19-23-6-4-3-5-7-23)20-27-21-34(30(35)38-27)25-10-13-29(28(31)18-25)32-14-16-37-17-15-32/h3-13,18,22,27H,14-17,19-21H2,1-2H3/t22-,27-/m0/s1. The van der Waals surface area contributed by atoms with Crippen LogP contribution >= 0.6 is 0 Å². The molecule has 2 atom stereocenters. The Morgan fingerprint density at radius 2 is 1.79 bits per heavy atom. The van der Waals surface area contributed by atoms with E-state index in [9.17, 15) is 4.79 Å². The summed E-state index contributed by atoms with van der Waals surface area (Å²) >= 11 is 0. The average molecular weight is 520 g/mol. The number of anilines is 2. The molecule has 2 aliphatic rings. The summed E-state index contributed by atoms with van der Waals surface area (Å²) in [7, 11) is 1.66. The Morgan fingerprint density at radius 1 is 1.05 bits per heavy atom. The van der Waals surface area contributed by atoms with Gasteiger partial charge in [-0.3, -0.25) is 9.80 Å². The van der Waals surface area contributed by atoms with Crippen LogP contribution in [-0.2, 0) is 16.0 Å². The monoisotopic (exact) mass is 519 g/mol. The largest absolute Gasteiger partial charge is 0.497 e. The van der Waals surface area contributed by atoms with Gasteiger partial charge >= 0.3 is 6.09 Å². The first-order chi connectivity index (χ1) is 18.5. The minimum absolute atomic E-state index is 0.0686. The molecule has 38 heavy (non-hydrogen) atoms. The Morgan fingerprint density at radius 3 is 2.47 bits per heavy atom. The van der Waals surface area contributed by atoms with E-state index in [1.165, 1.54) is 16.5 Å². The van der Waals surface area contributed by atoms with Crippen LogP contribution in [0.4, 0.5) is 20.6 Å². The number of hydrogen-bond donors (Lipinski definition) is 0. The molecule has 200 valence electrons. The minimum Gasteiger partial charge on any atom is -0.497 e. The van der Waals surface area contributed by atoms with E-state index in [1.54, 1.807) is 19.2 Å². The zero-order valence-corrected chi connectivity index (χ0v) is 21.9. The molecule has 0 aliphatic carbocycles. The fourth-order valence-corrected chi connectivity index (χ4v) is 5.08. The Hall–Kier alpha value is -3.62. The normalized spacial score (nSPS) is 18.5. The molecular formula is C30H34FN3O4. The molecule has 7 nitrogen and oxygen atoms in total. The summed E-state index contributed by atoms with van der Waals surface area (Å²) in [5.41, 5.74) is 3.35. The summed E-state index contributed by atoms with van der Waals surface area (Å²) in [5.74, 6) is 0.460. The van der Waals surface area contributed by atoms with Gasteiger partial charge in [-0.1, -0.05) is 42.5 Å². The second kappa shape index (κ2) is 11.8. The Labute approximate surface area is 223 Å². The van der Waals surface area contributed by atoms with Gasteiger partial charge in [0.2, 0.25) is 0 Å². The number of carbonyl (C=O) groups excluding carboxylic acids is 1. The van der Waals surface area contributed by atoms with E-state index < -0.39 is 6.09 Å². The summed E-state index contributed by atoms with van der Waals surface area (Å²) in [5, 5.41) is 0. The van der Waals surface area contributed by atoms with Gasteiger partial charge in [-0.15, -0.1) is 0 Å². The lowest BCUT2D eigenvalue weighted by atomic mass is 10.0. The maximum absolute atomic E-state index is 15.0. The lowest BCUT2D eigenvalue weighted by Gasteiger charge is -2.31. The molecule has 0 N–H and O–H groups in total. The van der Waals surface area contributed by atoms with Gasteiger partial charge in [0.1, 0.15) is 17.7 Å². The highest BCUT2D eigenvalue weighted by molar-refractivity contribution is 5.90. The number of methoxy groups -OCH3 is 1. The van der Waals surface area contributed by atoms with E-state index in [0.29, 0.717) is 57.3 Å². The SMILES string of the molecule is COc1ccc([C@H](C)N(Cc2ccccc2)C[C@H]2CN(c3ccc(N4CCOCC4)c(F)c3)C(=O)O2)cc1. The number of halogens is 1. The van der Waals surface area contributed by atoms with Crippen LogP contribution in [0.1, 0.15) is 24.1 Å². The van der Waals surface area contributed by atoms with Gasteiger partial charge in [0, 0.05) is 32.2 Å². The quantitative estimate of drug-likeness (QED) is 0.385. The molecule has 5 rings (SSSR count). The second-order valence-electron chi connectivity index (χ2n) is 9.72. The number of ether oxygens (including phenoxy) is 3. The maximum Gasteiger partial charge on any atom is 0.414 e. The molecule has 0 spiro atoms. The van der Waals surface area contributed by atoms with Crippen molar-refractivity contribution in [3.05, 3.63) is 89.7 Å². The fourth-order valence-electron chi connectivity index (χ4n) is 5.08. The number of cyclic esters (lactones) is 1. The summed E-state index contributed by atoms with van der Waals surface area (Å²) in [4.78, 5) is 18.7. The number of amides is 1. The molecule has 0 unspecified atom stereocenters. The van der Waals surface area contributed by atoms with Crippen LogP contribution in [0.2, 0.25) is 0 Å². The van der Waals surface area contributed by atoms with Crippen LogP contribution in [0, 0.1) is 5.82 Å². The molecule has 1 amide bonds. The molecule has 2 fully saturated rings. The molecule has 8 heteroatoms. The molecule has 2 heterocycles. The lowest BCUT2D eigenvalue weighted by Crippen LogP contribution is -2.37. The van der Waals surface area contributed by atoms with Crippen molar-refractivity contribution < 1.29 is 23.4 Å². The predicted molar refractivity (Wildman–Crippen MR) is 145 cm³/mol. The summed E-state index contributed by atoms with van der Waals surface area (Å²) < 4.78 is 31.5. The molecule has 3 aromatic rings. The average Bonchev–Trinajstić information content (AvgIpc) is 3.33. The van der Waals surface area contributed by atoms with Gasteiger partial charge in [0.15, 0.2) is 0 Å². The molecule has 0 saturated carbocycles. The smallest absolute Gasteiger partial charge is 0.414 e. The van der Waals surface area contributed by atoms with Crippen molar-refractivity contribution >= 4 is 17.5 Å². The maximum atomic E-state index is 15.0. The van der Waals surface area contributed by atoms with Crippen molar-refractivity contribution in [3.63, 3.8) is 0 Å². The number of nitrogens with zero attached hydrogens (tertiary/aromatic N) is 3. The highest BCUT2D eigenvalue weighted by Crippen LogP contribution is 2.30. The van der Waals surface area contributed by atoms with Crippen LogP contribution in [-0.4, -0.2) is 63.6 Å². The van der Waals surface area contributed by atoms with Crippen LogP contribution in [0.25, 0.3) is 0 Å². The summed E-state index contributed by atoms with van der Waals surface area (Å²) in [6.07, 6.45) is -0.806. The van der Waals surface area contributed by atoms with Crippen molar-refractivity contribution in [1.29, 1.82) is 0 Å². The Balaban J connectivity index is 1.31. The zero-order valence-electron chi connectivity index (χ0n) is 21.9. The van der Waals surface area contributed by atoms with Crippen LogP contribution < -0.4 is 14.5 Å². The molecule has 0 radical (unpaired) electrons. The van der Waals surface area contributed by atoms with Crippen LogP contribution in [0.3, 0.4) is 0 Å². The highest BCUT2D eigenvalue weighted by atomic mass is 19.1. The van der Waals surface area contributed by atoms with Crippen molar-refractivity contribution in [2.75, 3.05) is 56.3 Å². The molecular weight excluding hydrogens is 485 g/mol. The van der Waals surface area contributed by atoms with Gasteiger partial charge in [0.05, 0.1) is 38.2 Å². The summed E-state index contributed by atoms with van der Waals surface area (Å²) in [6.45, 7) is 6.20. The minimum atomic E-state index is -0.453. The van der Waals surface area contributed by atoms with E-state index in [-0.39, 0.29) is 18.0 Å². The van der Waals surface area contributed by atoms with Gasteiger partial charge in [-0.25, -0.2) is 9.18 Å². The van der Waals surface area contributed by atoms with Gasteiger partial charge < -0.3 is 19.1 Å². The van der Waals surface area contributed by atoms with Crippen molar-refractivity contribution in [2.45, 2.75) is 25.6 Å². The van der Waals surface area contributed by atoms with Crippen LogP contribution in [0.5, 0.6) is 5.75 Å². The van der Waals surface area contributed by atoms with Crippen LogP contribution in [0.15, 0.2) is 72.8 Å². The van der Waals surface area contributed by atoms with E-state index in [1.807, 2.05) is 35.2 Å². The second-order valence-corrected chi connectivity index (χ2v) is 9.72. The third kappa shape index (κ3) is 5.92. The zero-order chi connectivity index (χ0) is 26.5. The molecule has 0 bridgehead atoms. The fraction of sp³-hybridized carbons (Fsp3) is 0.367. The number of rotatable bonds is 9. The number of morpholine rings is 1. The number of benzene rings is 3.